The maximum absolute atomic E-state index is 11.5. The topological polar surface area (TPSA) is 44.8 Å². The first kappa shape index (κ1) is 13.1. The van der Waals surface area contributed by atoms with Crippen LogP contribution in [0.4, 0.5) is 0 Å². The van der Waals surface area contributed by atoms with E-state index >= 15 is 0 Å². The molecular formula is C10H18O4. The van der Waals surface area contributed by atoms with Crippen LogP contribution in [0, 0.1) is 0 Å². The number of hydrogen-bond acceptors (Lipinski definition) is 4. The Hall–Kier alpha value is -0.870. The van der Waals surface area contributed by atoms with Gasteiger partial charge in [-0.1, -0.05) is 12.7 Å². The average Bonchev–Trinajstić information content (AvgIpc) is 2.15. The minimum absolute atomic E-state index is 0.161. The van der Waals surface area contributed by atoms with E-state index in [-0.39, 0.29) is 6.61 Å². The zero-order valence-corrected chi connectivity index (χ0v) is 9.04. The Balaban J connectivity index is 4.29. The van der Waals surface area contributed by atoms with Gasteiger partial charge in [-0.15, -0.1) is 0 Å². The van der Waals surface area contributed by atoms with Gasteiger partial charge >= 0.3 is 5.97 Å². The second-order valence-electron chi connectivity index (χ2n) is 2.70. The molecule has 4 heteroatoms. The van der Waals surface area contributed by atoms with Crippen molar-refractivity contribution in [2.75, 3.05) is 19.8 Å². The molecule has 0 amide bonds. The molecule has 0 aromatic rings. The average molecular weight is 202 g/mol. The Bertz CT molecular complexity index is 183. The van der Waals surface area contributed by atoms with Crippen molar-refractivity contribution in [3.8, 4) is 0 Å². The Morgan fingerprint density at radius 1 is 1.36 bits per heavy atom. The number of esters is 1. The third-order valence-corrected chi connectivity index (χ3v) is 1.54. The lowest BCUT2D eigenvalue weighted by atomic mass is 10.3. The maximum atomic E-state index is 11.5. The summed E-state index contributed by atoms with van der Waals surface area (Å²) in [6.07, 6.45) is 1.50. The fraction of sp³-hybridized carbons (Fsp3) is 0.700. The van der Waals surface area contributed by atoms with E-state index < -0.39 is 11.8 Å². The predicted molar refractivity (Wildman–Crippen MR) is 52.8 cm³/mol. The highest BCUT2D eigenvalue weighted by Crippen LogP contribution is 2.14. The van der Waals surface area contributed by atoms with Gasteiger partial charge in [-0.2, -0.15) is 0 Å². The van der Waals surface area contributed by atoms with Crippen molar-refractivity contribution in [2.45, 2.75) is 26.6 Å². The number of carbonyl (C=O) groups excluding carboxylic acids is 1. The first-order valence-electron chi connectivity index (χ1n) is 4.66. The van der Waals surface area contributed by atoms with Gasteiger partial charge in [-0.25, -0.2) is 4.79 Å². The van der Waals surface area contributed by atoms with E-state index in [9.17, 15) is 4.79 Å². The van der Waals surface area contributed by atoms with Crippen LogP contribution in [0.2, 0.25) is 0 Å². The van der Waals surface area contributed by atoms with Crippen molar-refractivity contribution >= 4 is 5.97 Å². The van der Waals surface area contributed by atoms with E-state index in [0.29, 0.717) is 13.2 Å². The number of hydrogen-bond donors (Lipinski definition) is 0. The van der Waals surface area contributed by atoms with Crippen LogP contribution in [-0.2, 0) is 19.0 Å². The molecule has 0 fully saturated rings. The minimum atomic E-state index is -1.30. The molecule has 82 valence electrons. The second kappa shape index (κ2) is 6.56. The standard InChI is InChI=1S/C10H18O4/c1-5-8-12-9(11)10(4,13-6-2)14-7-3/h5H,1,6-8H2,2-4H3. The highest BCUT2D eigenvalue weighted by Gasteiger charge is 2.36. The van der Waals surface area contributed by atoms with E-state index in [4.69, 9.17) is 14.2 Å². The maximum Gasteiger partial charge on any atom is 0.366 e. The van der Waals surface area contributed by atoms with Gasteiger partial charge in [0.05, 0.1) is 0 Å². The Morgan fingerprint density at radius 3 is 2.21 bits per heavy atom. The smallest absolute Gasteiger partial charge is 0.366 e. The first-order valence-corrected chi connectivity index (χ1v) is 4.66. The van der Waals surface area contributed by atoms with E-state index in [1.54, 1.807) is 20.8 Å². The lowest BCUT2D eigenvalue weighted by molar-refractivity contribution is -0.237. The van der Waals surface area contributed by atoms with Crippen LogP contribution in [-0.4, -0.2) is 31.6 Å². The van der Waals surface area contributed by atoms with Gasteiger partial charge in [-0.05, 0) is 13.8 Å². The number of ether oxygens (including phenoxy) is 3. The van der Waals surface area contributed by atoms with Crippen molar-refractivity contribution in [3.05, 3.63) is 12.7 Å². The second-order valence-corrected chi connectivity index (χ2v) is 2.70. The molecule has 0 spiro atoms. The van der Waals surface area contributed by atoms with Gasteiger partial charge < -0.3 is 14.2 Å². The molecule has 0 aliphatic carbocycles. The summed E-state index contributed by atoms with van der Waals surface area (Å²) in [6, 6.07) is 0. The molecule has 0 aliphatic rings. The summed E-state index contributed by atoms with van der Waals surface area (Å²) >= 11 is 0. The van der Waals surface area contributed by atoms with Crippen LogP contribution < -0.4 is 0 Å². The molecule has 0 bridgehead atoms. The normalized spacial score (nSPS) is 11.1. The molecule has 4 nitrogen and oxygen atoms in total. The Morgan fingerprint density at radius 2 is 1.86 bits per heavy atom. The molecular weight excluding hydrogens is 184 g/mol. The highest BCUT2D eigenvalue weighted by atomic mass is 16.7. The van der Waals surface area contributed by atoms with Gasteiger partial charge in [0.25, 0.3) is 5.79 Å². The summed E-state index contributed by atoms with van der Waals surface area (Å²) in [5.41, 5.74) is 0. The van der Waals surface area contributed by atoms with Crippen molar-refractivity contribution in [1.29, 1.82) is 0 Å². The van der Waals surface area contributed by atoms with Crippen LogP contribution >= 0.6 is 0 Å². The summed E-state index contributed by atoms with van der Waals surface area (Å²) in [5, 5.41) is 0. The molecule has 0 unspecified atom stereocenters. The van der Waals surface area contributed by atoms with E-state index in [0.717, 1.165) is 0 Å². The van der Waals surface area contributed by atoms with Crippen molar-refractivity contribution in [1.82, 2.24) is 0 Å². The molecule has 14 heavy (non-hydrogen) atoms. The Labute approximate surface area is 84.8 Å². The van der Waals surface area contributed by atoms with Gasteiger partial charge in [0, 0.05) is 20.1 Å². The summed E-state index contributed by atoms with van der Waals surface area (Å²) in [7, 11) is 0. The highest BCUT2D eigenvalue weighted by molar-refractivity contribution is 5.77. The van der Waals surface area contributed by atoms with Gasteiger partial charge in [-0.3, -0.25) is 0 Å². The summed E-state index contributed by atoms with van der Waals surface area (Å²) in [5.74, 6) is -1.83. The largest absolute Gasteiger partial charge is 0.457 e. The van der Waals surface area contributed by atoms with Crippen LogP contribution in [0.15, 0.2) is 12.7 Å². The molecule has 0 atom stereocenters. The SMILES string of the molecule is C=CCOC(=O)C(C)(OCC)OCC. The monoisotopic (exact) mass is 202 g/mol. The zero-order valence-electron chi connectivity index (χ0n) is 9.04. The fourth-order valence-corrected chi connectivity index (χ4v) is 0.976. The lowest BCUT2D eigenvalue weighted by Gasteiger charge is -2.26. The van der Waals surface area contributed by atoms with E-state index in [1.165, 1.54) is 6.08 Å². The lowest BCUT2D eigenvalue weighted by Crippen LogP contribution is -2.42. The molecule has 0 rings (SSSR count). The van der Waals surface area contributed by atoms with Crippen LogP contribution in [0.5, 0.6) is 0 Å². The van der Waals surface area contributed by atoms with Crippen LogP contribution in [0.1, 0.15) is 20.8 Å². The summed E-state index contributed by atoms with van der Waals surface area (Å²) in [4.78, 5) is 11.5. The molecule has 0 heterocycles. The molecule has 0 radical (unpaired) electrons. The number of carbonyl (C=O) groups is 1. The number of rotatable bonds is 7. The zero-order chi connectivity index (χ0) is 11.0. The molecule has 0 saturated heterocycles. The molecule has 0 aromatic carbocycles. The third-order valence-electron chi connectivity index (χ3n) is 1.54. The summed E-state index contributed by atoms with van der Waals surface area (Å²) < 4.78 is 15.2. The van der Waals surface area contributed by atoms with Gasteiger partial charge in [0.2, 0.25) is 0 Å². The van der Waals surface area contributed by atoms with Crippen LogP contribution in [0.3, 0.4) is 0 Å². The predicted octanol–water partition coefficient (Wildman–Crippen LogP) is 1.50. The Kier molecular flexibility index (Phi) is 6.16. The van der Waals surface area contributed by atoms with Crippen LogP contribution in [0.25, 0.3) is 0 Å². The minimum Gasteiger partial charge on any atom is -0.457 e. The summed E-state index contributed by atoms with van der Waals surface area (Å²) in [6.45, 7) is 9.51. The van der Waals surface area contributed by atoms with Gasteiger partial charge in [0.15, 0.2) is 0 Å². The van der Waals surface area contributed by atoms with Crippen molar-refractivity contribution < 1.29 is 19.0 Å². The molecule has 0 aliphatic heterocycles. The van der Waals surface area contributed by atoms with E-state index in [2.05, 4.69) is 6.58 Å². The molecule has 0 N–H and O–H groups in total. The van der Waals surface area contributed by atoms with Gasteiger partial charge in [0.1, 0.15) is 6.61 Å². The van der Waals surface area contributed by atoms with Crippen molar-refractivity contribution in [3.63, 3.8) is 0 Å². The quantitative estimate of drug-likeness (QED) is 0.356. The van der Waals surface area contributed by atoms with Crippen molar-refractivity contribution in [2.24, 2.45) is 0 Å². The fourth-order valence-electron chi connectivity index (χ4n) is 0.976. The van der Waals surface area contributed by atoms with E-state index in [1.807, 2.05) is 0 Å². The molecule has 0 saturated carbocycles. The first-order chi connectivity index (χ1) is 6.60. The molecule has 0 aromatic heterocycles. The third kappa shape index (κ3) is 3.89.